The number of rotatable bonds is 7. The van der Waals surface area contributed by atoms with Crippen molar-refractivity contribution >= 4 is 38.6 Å². The molecule has 3 heterocycles. The summed E-state index contributed by atoms with van der Waals surface area (Å²) >= 11 is 1.47. The largest absolute Gasteiger partial charge is 0.464 e. The lowest BCUT2D eigenvalue weighted by Gasteiger charge is -2.23. The van der Waals surface area contributed by atoms with Crippen molar-refractivity contribution < 1.29 is 13.9 Å². The standard InChI is InChI=1S/C24H24N4O3S/c1-13(29)27-20-8-14-7-18(14)19(20)11-25-10-15-12-30-21-9-16(4-5-17(15)21)31-24-28-23-22(32-24)3-2-6-26-23/h2-6,9,12,14,18-20,25H,7-8,10-11H2,1H3,(H,27,29)/t14?,18-,19?,20+/m1/s1. The number of furan rings is 1. The van der Waals surface area contributed by atoms with E-state index < -0.39 is 0 Å². The Bertz CT molecular complexity index is 1270. The number of ether oxygens (including phenoxy) is 1. The van der Waals surface area contributed by atoms with Gasteiger partial charge >= 0.3 is 0 Å². The number of aromatic nitrogens is 2. The second-order valence-electron chi connectivity index (χ2n) is 8.82. The van der Waals surface area contributed by atoms with Gasteiger partial charge < -0.3 is 19.8 Å². The van der Waals surface area contributed by atoms with Gasteiger partial charge in [-0.2, -0.15) is 4.98 Å². The molecular formula is C24H24N4O3S. The Morgan fingerprint density at radius 1 is 1.31 bits per heavy atom. The Morgan fingerprint density at radius 2 is 2.25 bits per heavy atom. The minimum absolute atomic E-state index is 0.0715. The molecule has 2 fully saturated rings. The van der Waals surface area contributed by atoms with Crippen molar-refractivity contribution in [2.75, 3.05) is 6.54 Å². The topological polar surface area (TPSA) is 89.3 Å². The molecule has 2 saturated carbocycles. The molecule has 6 rings (SSSR count). The van der Waals surface area contributed by atoms with Crippen molar-refractivity contribution in [2.24, 2.45) is 17.8 Å². The van der Waals surface area contributed by atoms with Crippen LogP contribution in [-0.2, 0) is 11.3 Å². The van der Waals surface area contributed by atoms with Gasteiger partial charge in [-0.15, -0.1) is 0 Å². The van der Waals surface area contributed by atoms with Crippen LogP contribution in [0.25, 0.3) is 21.3 Å². The average molecular weight is 449 g/mol. The maximum Gasteiger partial charge on any atom is 0.281 e. The van der Waals surface area contributed by atoms with Crippen LogP contribution < -0.4 is 15.4 Å². The molecule has 0 saturated heterocycles. The summed E-state index contributed by atoms with van der Waals surface area (Å²) in [5, 5.41) is 8.37. The summed E-state index contributed by atoms with van der Waals surface area (Å²) in [6.07, 6.45) is 5.97. The van der Waals surface area contributed by atoms with Gasteiger partial charge in [0.2, 0.25) is 5.91 Å². The summed E-state index contributed by atoms with van der Waals surface area (Å²) < 4.78 is 12.7. The molecule has 164 valence electrons. The van der Waals surface area contributed by atoms with E-state index in [1.54, 1.807) is 13.1 Å². The van der Waals surface area contributed by atoms with Gasteiger partial charge in [0.15, 0.2) is 5.65 Å². The predicted molar refractivity (Wildman–Crippen MR) is 123 cm³/mol. The molecule has 32 heavy (non-hydrogen) atoms. The summed E-state index contributed by atoms with van der Waals surface area (Å²) in [6, 6.07) is 10.1. The Kier molecular flexibility index (Phi) is 4.84. The Balaban J connectivity index is 1.11. The summed E-state index contributed by atoms with van der Waals surface area (Å²) in [5.74, 6) is 2.85. The quantitative estimate of drug-likeness (QED) is 0.433. The number of nitrogens with one attached hydrogen (secondary N) is 2. The minimum atomic E-state index is 0.0715. The van der Waals surface area contributed by atoms with Crippen LogP contribution in [0.3, 0.4) is 0 Å². The molecule has 2 N–H and O–H groups in total. The zero-order valence-electron chi connectivity index (χ0n) is 17.7. The van der Waals surface area contributed by atoms with Gasteiger partial charge in [0, 0.05) is 49.3 Å². The molecule has 3 aromatic heterocycles. The molecule has 0 bridgehead atoms. The molecule has 0 radical (unpaired) electrons. The van der Waals surface area contributed by atoms with Crippen molar-refractivity contribution in [3.63, 3.8) is 0 Å². The summed E-state index contributed by atoms with van der Waals surface area (Å²) in [7, 11) is 0. The highest BCUT2D eigenvalue weighted by Gasteiger charge is 2.53. The first-order valence-corrected chi connectivity index (χ1v) is 11.8. The van der Waals surface area contributed by atoms with E-state index in [9.17, 15) is 4.79 Å². The van der Waals surface area contributed by atoms with E-state index in [1.807, 2.05) is 36.6 Å². The van der Waals surface area contributed by atoms with Crippen LogP contribution >= 0.6 is 11.3 Å². The third-order valence-electron chi connectivity index (χ3n) is 6.66. The number of pyridine rings is 1. The van der Waals surface area contributed by atoms with Crippen LogP contribution in [0, 0.1) is 17.8 Å². The van der Waals surface area contributed by atoms with Crippen molar-refractivity contribution in [2.45, 2.75) is 32.4 Å². The van der Waals surface area contributed by atoms with Crippen molar-refractivity contribution in [1.82, 2.24) is 20.6 Å². The summed E-state index contributed by atoms with van der Waals surface area (Å²) in [4.78, 5) is 20.2. The van der Waals surface area contributed by atoms with E-state index in [0.29, 0.717) is 28.6 Å². The smallest absolute Gasteiger partial charge is 0.281 e. The molecule has 2 aliphatic rings. The number of fused-ring (bicyclic) bond motifs is 3. The second-order valence-corrected chi connectivity index (χ2v) is 9.82. The van der Waals surface area contributed by atoms with E-state index in [1.165, 1.54) is 17.8 Å². The van der Waals surface area contributed by atoms with E-state index in [2.05, 4.69) is 20.6 Å². The number of benzene rings is 1. The van der Waals surface area contributed by atoms with Crippen LogP contribution in [0.1, 0.15) is 25.3 Å². The number of hydrogen-bond donors (Lipinski definition) is 2. The van der Waals surface area contributed by atoms with Crippen LogP contribution in [0.2, 0.25) is 0 Å². The first kappa shape index (κ1) is 19.7. The Morgan fingerprint density at radius 3 is 3.12 bits per heavy atom. The van der Waals surface area contributed by atoms with E-state index >= 15 is 0 Å². The van der Waals surface area contributed by atoms with E-state index in [0.717, 1.165) is 52.6 Å². The average Bonchev–Trinajstić information content (AvgIpc) is 3.09. The maximum atomic E-state index is 11.5. The highest BCUT2D eigenvalue weighted by molar-refractivity contribution is 7.20. The summed E-state index contributed by atoms with van der Waals surface area (Å²) in [6.45, 7) is 3.25. The van der Waals surface area contributed by atoms with Gasteiger partial charge in [-0.25, -0.2) is 4.98 Å². The second kappa shape index (κ2) is 7.86. The third-order valence-corrected chi connectivity index (χ3v) is 7.55. The third kappa shape index (κ3) is 3.73. The van der Waals surface area contributed by atoms with Crippen molar-refractivity contribution in [1.29, 1.82) is 0 Å². The lowest BCUT2D eigenvalue weighted by Crippen LogP contribution is -2.41. The lowest BCUT2D eigenvalue weighted by molar-refractivity contribution is -0.120. The van der Waals surface area contributed by atoms with Crippen molar-refractivity contribution in [3.8, 4) is 10.9 Å². The highest BCUT2D eigenvalue weighted by atomic mass is 32.1. The zero-order valence-corrected chi connectivity index (χ0v) is 18.5. The Hall–Kier alpha value is -2.97. The predicted octanol–water partition coefficient (Wildman–Crippen LogP) is 4.48. The molecule has 0 spiro atoms. The van der Waals surface area contributed by atoms with Gasteiger partial charge in [-0.1, -0.05) is 11.3 Å². The summed E-state index contributed by atoms with van der Waals surface area (Å²) in [5.41, 5.74) is 2.61. The molecule has 8 heteroatoms. The SMILES string of the molecule is CC(=O)N[C@H]1CC2C[C@H]2C1CNCc1coc2cc(Oc3nc4ncccc4s3)ccc12. The molecule has 4 aromatic rings. The van der Waals surface area contributed by atoms with Gasteiger partial charge in [0.1, 0.15) is 11.3 Å². The molecule has 1 amide bonds. The number of thiazole rings is 1. The van der Waals surface area contributed by atoms with Crippen LogP contribution in [0.5, 0.6) is 10.9 Å². The zero-order chi connectivity index (χ0) is 21.7. The van der Waals surface area contributed by atoms with Crippen LogP contribution in [0.4, 0.5) is 0 Å². The molecular weight excluding hydrogens is 424 g/mol. The lowest BCUT2D eigenvalue weighted by atomic mass is 9.98. The van der Waals surface area contributed by atoms with E-state index in [4.69, 9.17) is 9.15 Å². The van der Waals surface area contributed by atoms with Gasteiger partial charge in [0.25, 0.3) is 5.19 Å². The number of carbonyl (C=O) groups excluding carboxylic acids is 1. The fraction of sp³-hybridized carbons (Fsp3) is 0.375. The molecule has 4 atom stereocenters. The monoisotopic (exact) mass is 448 g/mol. The number of carbonyl (C=O) groups is 1. The fourth-order valence-corrected chi connectivity index (χ4v) is 5.91. The van der Waals surface area contributed by atoms with Gasteiger partial charge in [0.05, 0.1) is 11.0 Å². The highest BCUT2D eigenvalue weighted by Crippen LogP contribution is 2.55. The first-order chi connectivity index (χ1) is 15.6. The number of nitrogens with zero attached hydrogens (tertiary/aromatic N) is 2. The van der Waals surface area contributed by atoms with Crippen molar-refractivity contribution in [3.05, 3.63) is 48.4 Å². The minimum Gasteiger partial charge on any atom is -0.464 e. The van der Waals surface area contributed by atoms with Crippen LogP contribution in [0.15, 0.2) is 47.2 Å². The van der Waals surface area contributed by atoms with E-state index in [-0.39, 0.29) is 5.91 Å². The van der Waals surface area contributed by atoms with Gasteiger partial charge in [-0.3, -0.25) is 4.79 Å². The van der Waals surface area contributed by atoms with Gasteiger partial charge in [-0.05, 0) is 54.9 Å². The molecule has 2 unspecified atom stereocenters. The molecule has 1 aromatic carbocycles. The number of hydrogen-bond acceptors (Lipinski definition) is 7. The molecule has 7 nitrogen and oxygen atoms in total. The van der Waals surface area contributed by atoms with Crippen LogP contribution in [-0.4, -0.2) is 28.5 Å². The Labute approximate surface area is 189 Å². The maximum absolute atomic E-state index is 11.5. The normalized spacial score (nSPS) is 24.0. The first-order valence-electron chi connectivity index (χ1n) is 11.0. The fourth-order valence-electron chi connectivity index (χ4n) is 5.12. The molecule has 2 aliphatic carbocycles. The molecule has 0 aliphatic heterocycles. The number of amides is 1.